The normalized spacial score (nSPS) is 24.9. The van der Waals surface area contributed by atoms with Crippen LogP contribution in [0.5, 0.6) is 0 Å². The van der Waals surface area contributed by atoms with Gasteiger partial charge in [0.15, 0.2) is 5.79 Å². The maximum atomic E-state index is 12.2. The minimum atomic E-state index is -3.03. The molecule has 1 saturated heterocycles. The van der Waals surface area contributed by atoms with E-state index in [1.54, 1.807) is 13.8 Å². The molecule has 6 heteroatoms. The Morgan fingerprint density at radius 3 is 2.25 bits per heavy atom. The van der Waals surface area contributed by atoms with Crippen LogP contribution in [0.4, 0.5) is 0 Å². The summed E-state index contributed by atoms with van der Waals surface area (Å²) in [4.78, 5) is 0. The van der Waals surface area contributed by atoms with Crippen molar-refractivity contribution >= 4 is 7.60 Å². The summed E-state index contributed by atoms with van der Waals surface area (Å²) in [7, 11) is -3.03. The second kappa shape index (κ2) is 5.61. The van der Waals surface area contributed by atoms with Crippen LogP contribution >= 0.6 is 7.60 Å². The summed E-state index contributed by atoms with van der Waals surface area (Å²) in [6.45, 7) is 8.42. The number of ether oxygens (including phenoxy) is 2. The predicted molar refractivity (Wildman–Crippen MR) is 60.6 cm³/mol. The van der Waals surface area contributed by atoms with Crippen LogP contribution in [-0.2, 0) is 23.1 Å². The number of rotatable bonds is 6. The molecule has 0 bridgehead atoms. The van der Waals surface area contributed by atoms with Crippen LogP contribution in [0.15, 0.2) is 0 Å². The molecule has 0 aromatic heterocycles. The molecular formula is C10H21O5P. The van der Waals surface area contributed by atoms with Crippen LogP contribution < -0.4 is 0 Å². The summed E-state index contributed by atoms with van der Waals surface area (Å²) in [6.07, 6.45) is 0.0249. The van der Waals surface area contributed by atoms with E-state index >= 15 is 0 Å². The van der Waals surface area contributed by atoms with Gasteiger partial charge in [-0.3, -0.25) is 4.57 Å². The zero-order valence-electron chi connectivity index (χ0n) is 10.4. The first kappa shape index (κ1) is 14.1. The van der Waals surface area contributed by atoms with E-state index in [9.17, 15) is 4.57 Å². The Balaban J connectivity index is 2.53. The zero-order chi connectivity index (χ0) is 12.2. The van der Waals surface area contributed by atoms with Crippen molar-refractivity contribution in [1.82, 2.24) is 0 Å². The highest BCUT2D eigenvalue weighted by Gasteiger charge is 2.38. The third-order valence-electron chi connectivity index (χ3n) is 2.15. The summed E-state index contributed by atoms with van der Waals surface area (Å²) >= 11 is 0. The highest BCUT2D eigenvalue weighted by atomic mass is 31.2. The Kier molecular flexibility index (Phi) is 4.95. The van der Waals surface area contributed by atoms with Crippen molar-refractivity contribution in [3.63, 3.8) is 0 Å². The summed E-state index contributed by atoms with van der Waals surface area (Å²) in [5, 5.41) is 0. The molecule has 0 N–H and O–H groups in total. The van der Waals surface area contributed by atoms with Crippen LogP contribution in [0.2, 0.25) is 0 Å². The predicted octanol–water partition coefficient (Wildman–Crippen LogP) is 2.40. The lowest BCUT2D eigenvalue weighted by Crippen LogP contribution is -2.23. The van der Waals surface area contributed by atoms with Crippen molar-refractivity contribution in [2.24, 2.45) is 0 Å². The molecule has 1 rings (SSSR count). The van der Waals surface area contributed by atoms with Crippen LogP contribution in [-0.4, -0.2) is 37.9 Å². The van der Waals surface area contributed by atoms with Crippen LogP contribution in [0.1, 0.15) is 27.7 Å². The Morgan fingerprint density at radius 1 is 1.31 bits per heavy atom. The lowest BCUT2D eigenvalue weighted by atomic mass is 10.4. The fourth-order valence-electron chi connectivity index (χ4n) is 1.64. The molecule has 1 atom stereocenters. The first-order chi connectivity index (χ1) is 7.41. The van der Waals surface area contributed by atoms with Crippen molar-refractivity contribution in [2.45, 2.75) is 39.6 Å². The second-order valence-electron chi connectivity index (χ2n) is 4.08. The maximum Gasteiger partial charge on any atom is 0.333 e. The van der Waals surface area contributed by atoms with Crippen molar-refractivity contribution in [2.75, 3.05) is 26.0 Å². The van der Waals surface area contributed by atoms with Gasteiger partial charge >= 0.3 is 7.60 Å². The first-order valence-electron chi connectivity index (χ1n) is 5.60. The molecule has 0 aromatic carbocycles. The highest BCUT2D eigenvalue weighted by molar-refractivity contribution is 7.53. The first-order valence-corrected chi connectivity index (χ1v) is 7.33. The topological polar surface area (TPSA) is 54.0 Å². The zero-order valence-corrected chi connectivity index (χ0v) is 11.3. The average Bonchev–Trinajstić information content (AvgIpc) is 2.45. The largest absolute Gasteiger partial charge is 0.348 e. The third-order valence-corrected chi connectivity index (χ3v) is 4.30. The van der Waals surface area contributed by atoms with Gasteiger partial charge in [0, 0.05) is 0 Å². The van der Waals surface area contributed by atoms with Gasteiger partial charge in [0.1, 0.15) is 0 Å². The molecule has 0 unspecified atom stereocenters. The molecule has 5 nitrogen and oxygen atoms in total. The quantitative estimate of drug-likeness (QED) is 0.679. The van der Waals surface area contributed by atoms with Gasteiger partial charge in [0.2, 0.25) is 0 Å². The smallest absolute Gasteiger partial charge is 0.333 e. The van der Waals surface area contributed by atoms with Crippen LogP contribution in [0, 0.1) is 0 Å². The third kappa shape index (κ3) is 4.15. The van der Waals surface area contributed by atoms with Gasteiger partial charge in [-0.05, 0) is 27.7 Å². The summed E-state index contributed by atoms with van der Waals surface area (Å²) in [5.74, 6) is -0.603. The van der Waals surface area contributed by atoms with Gasteiger partial charge in [0.05, 0.1) is 32.1 Å². The minimum absolute atomic E-state index is 0.223. The van der Waals surface area contributed by atoms with Crippen molar-refractivity contribution < 1.29 is 23.1 Å². The minimum Gasteiger partial charge on any atom is -0.348 e. The van der Waals surface area contributed by atoms with Gasteiger partial charge in [-0.1, -0.05) is 0 Å². The molecule has 1 aliphatic heterocycles. The SMILES string of the molecule is CCOP(=O)(C[C@H]1COC(C)(C)O1)OCC. The Morgan fingerprint density at radius 2 is 1.88 bits per heavy atom. The van der Waals surface area contributed by atoms with E-state index in [0.29, 0.717) is 19.8 Å². The Bertz CT molecular complexity index is 256. The van der Waals surface area contributed by atoms with E-state index in [1.165, 1.54) is 0 Å². The van der Waals surface area contributed by atoms with E-state index in [0.717, 1.165) is 0 Å². The lowest BCUT2D eigenvalue weighted by Gasteiger charge is -2.21. The maximum absolute atomic E-state index is 12.2. The van der Waals surface area contributed by atoms with Gasteiger partial charge in [-0.25, -0.2) is 0 Å². The van der Waals surface area contributed by atoms with Crippen LogP contribution in [0.3, 0.4) is 0 Å². The van der Waals surface area contributed by atoms with E-state index in [-0.39, 0.29) is 12.3 Å². The van der Waals surface area contributed by atoms with Gasteiger partial charge in [0.25, 0.3) is 0 Å². The fraction of sp³-hybridized carbons (Fsp3) is 1.00. The molecule has 1 aliphatic rings. The van der Waals surface area contributed by atoms with E-state index in [4.69, 9.17) is 18.5 Å². The molecule has 0 spiro atoms. The molecular weight excluding hydrogens is 231 g/mol. The van der Waals surface area contributed by atoms with Crippen molar-refractivity contribution in [1.29, 1.82) is 0 Å². The molecule has 1 fully saturated rings. The molecule has 1 heterocycles. The molecule has 96 valence electrons. The number of hydrogen-bond donors (Lipinski definition) is 0. The molecule has 0 amide bonds. The summed E-state index contributed by atoms with van der Waals surface area (Å²) in [6, 6.07) is 0. The fourth-order valence-corrected chi connectivity index (χ4v) is 3.39. The van der Waals surface area contributed by atoms with Gasteiger partial charge in [-0.2, -0.15) is 0 Å². The van der Waals surface area contributed by atoms with Gasteiger partial charge < -0.3 is 18.5 Å². The summed E-state index contributed by atoms with van der Waals surface area (Å²) < 4.78 is 33.6. The molecule has 0 aliphatic carbocycles. The highest BCUT2D eigenvalue weighted by Crippen LogP contribution is 2.49. The molecule has 16 heavy (non-hydrogen) atoms. The van der Waals surface area contributed by atoms with E-state index in [2.05, 4.69) is 0 Å². The molecule has 0 saturated carbocycles. The van der Waals surface area contributed by atoms with Crippen molar-refractivity contribution in [3.8, 4) is 0 Å². The molecule has 0 radical (unpaired) electrons. The second-order valence-corrected chi connectivity index (χ2v) is 6.18. The average molecular weight is 252 g/mol. The van der Waals surface area contributed by atoms with Crippen LogP contribution in [0.25, 0.3) is 0 Å². The lowest BCUT2D eigenvalue weighted by molar-refractivity contribution is -0.136. The van der Waals surface area contributed by atoms with E-state index < -0.39 is 13.4 Å². The molecule has 0 aromatic rings. The Hall–Kier alpha value is 0.0700. The van der Waals surface area contributed by atoms with Crippen molar-refractivity contribution in [3.05, 3.63) is 0 Å². The van der Waals surface area contributed by atoms with E-state index in [1.807, 2.05) is 13.8 Å². The Labute approximate surface area is 96.9 Å². The number of hydrogen-bond acceptors (Lipinski definition) is 5. The summed E-state index contributed by atoms with van der Waals surface area (Å²) in [5.41, 5.74) is 0. The standard InChI is InChI=1S/C10H21O5P/c1-5-13-16(11,14-6-2)8-9-7-12-10(3,4)15-9/h9H,5-8H2,1-4H3/t9-/m1/s1. The monoisotopic (exact) mass is 252 g/mol. The van der Waals surface area contributed by atoms with Gasteiger partial charge in [-0.15, -0.1) is 0 Å².